The fourth-order valence-corrected chi connectivity index (χ4v) is 22.6. The number of nitrogens with two attached hydrogens (primary N) is 1. The smallest absolute Gasteiger partial charge is 0.160 e. The lowest BCUT2D eigenvalue weighted by molar-refractivity contribution is -0.237. The largest absolute Gasteiger partial charge is 0.508 e. The first-order valence-corrected chi connectivity index (χ1v) is 30.7. The number of aliphatic hydroxyl groups excluding tert-OH is 2. The standard InChI is InChI=1S/C66H91N3O7/c1-61(75)25-6-7-26-65-27-11-18-49(54(59(65)74)41-28-37(34-68-5)29-44(71)31-41)63(3)52-24-23-48-56-51(72)33-62(48,2)66(52,32-50(58(63)65)69-36-61)42(35-70)21-19-38-12-8-13-39-20-22-46(55(56)53(38)39)57(73)60-64(4,76-60)47-17-10-16-45(47)40-14-9-15-43(67)30-40/h9,11,14-15,18,28-31,38-39,42,45-47,49-50,52-55,57-58,60,68-71,73,75H,6-8,10,12-13,16-17,19-27,32-36,67H2,1-5H3. The zero-order valence-electron chi connectivity index (χ0n) is 46.5. The van der Waals surface area contributed by atoms with Crippen LogP contribution in [0.1, 0.15) is 178 Å². The van der Waals surface area contributed by atoms with Crippen molar-refractivity contribution in [2.75, 3.05) is 25.9 Å². The van der Waals surface area contributed by atoms with Crippen LogP contribution >= 0.6 is 0 Å². The lowest BCUT2D eigenvalue weighted by atomic mass is 9.29. The summed E-state index contributed by atoms with van der Waals surface area (Å²) in [6.07, 6.45) is 20.9. The number of aromatic hydroxyl groups is 1. The van der Waals surface area contributed by atoms with Crippen LogP contribution in [0.2, 0.25) is 0 Å². The number of epoxide rings is 1. The van der Waals surface area contributed by atoms with Crippen molar-refractivity contribution >= 4 is 17.3 Å². The van der Waals surface area contributed by atoms with Crippen LogP contribution in [-0.4, -0.2) is 81.6 Å². The van der Waals surface area contributed by atoms with E-state index in [9.17, 15) is 20.4 Å². The number of carbonyl (C=O) groups excluding carboxylic acids is 2. The molecule has 412 valence electrons. The molecule has 76 heavy (non-hydrogen) atoms. The molecule has 2 aromatic rings. The van der Waals surface area contributed by atoms with Gasteiger partial charge in [0, 0.05) is 48.7 Å². The van der Waals surface area contributed by atoms with Crippen LogP contribution in [-0.2, 0) is 20.9 Å². The van der Waals surface area contributed by atoms with E-state index in [0.717, 1.165) is 112 Å². The second kappa shape index (κ2) is 18.6. The van der Waals surface area contributed by atoms with E-state index < -0.39 is 44.9 Å². The maximum absolute atomic E-state index is 16.3. The maximum atomic E-state index is 16.3. The van der Waals surface area contributed by atoms with Gasteiger partial charge in [-0.2, -0.15) is 0 Å². The lowest BCUT2D eigenvalue weighted by Gasteiger charge is -2.74. The lowest BCUT2D eigenvalue weighted by Crippen LogP contribution is -2.74. The SMILES string of the molecule is CNCc1cc(O)cc(C2C(=O)C34CC=CC2C2(C)C3C(CC35C(CO)CCC6CCCC7CCC(C(O)C8OC8(C)C8CCCC8c8cccc(N)c8)C(C8=C(CCC23)C5(C)CC8=O)C76)NCC(C)(O)CCCC4)c1. The summed E-state index contributed by atoms with van der Waals surface area (Å²) < 4.78 is 6.94. The molecule has 14 rings (SSSR count). The van der Waals surface area contributed by atoms with Crippen molar-refractivity contribution in [3.63, 3.8) is 0 Å². The monoisotopic (exact) mass is 1040 g/mol. The first-order chi connectivity index (χ1) is 36.4. The summed E-state index contributed by atoms with van der Waals surface area (Å²) in [6.45, 7) is 10.3. The summed E-state index contributed by atoms with van der Waals surface area (Å²) in [7, 11) is 1.92. The Kier molecular flexibility index (Phi) is 12.7. The number of phenols is 1. The normalized spacial score (nSPS) is 47.8. The molecule has 0 aromatic heterocycles. The van der Waals surface area contributed by atoms with Crippen molar-refractivity contribution in [2.24, 2.45) is 80.8 Å². The van der Waals surface area contributed by atoms with E-state index in [1.165, 1.54) is 24.0 Å². The van der Waals surface area contributed by atoms with Crippen molar-refractivity contribution in [1.82, 2.24) is 10.6 Å². The van der Waals surface area contributed by atoms with Gasteiger partial charge in [0.25, 0.3) is 0 Å². The third-order valence-electron chi connectivity index (χ3n) is 25.2. The van der Waals surface area contributed by atoms with Gasteiger partial charge in [-0.1, -0.05) is 88.3 Å². The third-order valence-corrected chi connectivity index (χ3v) is 25.2. The molecule has 8 fully saturated rings. The van der Waals surface area contributed by atoms with E-state index in [1.54, 1.807) is 0 Å². The number of Topliss-reactive ketones (excluding diaryl/α,β-unsaturated/α-hetero) is 2. The fraction of sp³-hybridized carbons (Fsp3) is 0.727. The molecule has 2 aromatic carbocycles. The molecule has 8 N–H and O–H groups in total. The molecule has 2 saturated heterocycles. The van der Waals surface area contributed by atoms with E-state index in [4.69, 9.17) is 10.5 Å². The number of nitrogen functional groups attached to an aromatic ring is 1. The topological polar surface area (TPSA) is 178 Å². The van der Waals surface area contributed by atoms with Gasteiger partial charge in [-0.3, -0.25) is 9.59 Å². The van der Waals surface area contributed by atoms with E-state index >= 15 is 9.59 Å². The molecule has 6 saturated carbocycles. The van der Waals surface area contributed by atoms with Crippen molar-refractivity contribution in [3.05, 3.63) is 82.5 Å². The van der Waals surface area contributed by atoms with Gasteiger partial charge < -0.3 is 41.5 Å². The Balaban J connectivity index is 0.963. The first-order valence-electron chi connectivity index (χ1n) is 30.7. The minimum Gasteiger partial charge on any atom is -0.508 e. The van der Waals surface area contributed by atoms with Gasteiger partial charge in [-0.15, -0.1) is 0 Å². The Morgan fingerprint density at radius 1 is 0.895 bits per heavy atom. The van der Waals surface area contributed by atoms with Crippen LogP contribution in [0.3, 0.4) is 0 Å². The highest BCUT2D eigenvalue weighted by Crippen LogP contribution is 2.80. The molecule has 21 atom stereocenters. The summed E-state index contributed by atoms with van der Waals surface area (Å²) in [5, 5.41) is 56.7. The van der Waals surface area contributed by atoms with Crippen LogP contribution in [0.5, 0.6) is 5.75 Å². The Bertz CT molecular complexity index is 2700. The number of β-amino-alcohol motifs (C(OH)–C–C–N with tert-alkyl or cyclic N) is 1. The van der Waals surface area contributed by atoms with Crippen LogP contribution in [0, 0.1) is 80.8 Å². The van der Waals surface area contributed by atoms with Crippen LogP contribution < -0.4 is 16.4 Å². The van der Waals surface area contributed by atoms with Crippen molar-refractivity contribution in [2.45, 2.75) is 198 Å². The van der Waals surface area contributed by atoms with Gasteiger partial charge in [0.05, 0.1) is 23.2 Å². The van der Waals surface area contributed by atoms with Gasteiger partial charge in [0.2, 0.25) is 0 Å². The number of ketones is 2. The number of ether oxygens (including phenoxy) is 1. The summed E-state index contributed by atoms with van der Waals surface area (Å²) >= 11 is 0. The highest BCUT2D eigenvalue weighted by Gasteiger charge is 2.78. The summed E-state index contributed by atoms with van der Waals surface area (Å²) in [5.74, 6) is 1.73. The highest BCUT2D eigenvalue weighted by molar-refractivity contribution is 6.01. The Labute approximate surface area is 453 Å². The number of anilines is 1. The van der Waals surface area contributed by atoms with E-state index in [0.29, 0.717) is 61.8 Å². The summed E-state index contributed by atoms with van der Waals surface area (Å²) in [6, 6.07) is 14.1. The van der Waals surface area contributed by atoms with Crippen LogP contribution in [0.4, 0.5) is 5.69 Å². The molecule has 0 amide bonds. The number of phenolic OH excluding ortho intramolecular Hbond substituents is 1. The van der Waals surface area contributed by atoms with E-state index in [2.05, 4.69) is 67.8 Å². The minimum absolute atomic E-state index is 0.0436. The van der Waals surface area contributed by atoms with Gasteiger partial charge in [0.1, 0.15) is 17.6 Å². The maximum Gasteiger partial charge on any atom is 0.160 e. The van der Waals surface area contributed by atoms with Crippen molar-refractivity contribution in [3.8, 4) is 5.75 Å². The van der Waals surface area contributed by atoms with Gasteiger partial charge in [-0.25, -0.2) is 0 Å². The zero-order valence-corrected chi connectivity index (χ0v) is 46.5. The third kappa shape index (κ3) is 7.43. The molecule has 2 aliphatic heterocycles. The molecular formula is C66H91N3O7. The predicted molar refractivity (Wildman–Crippen MR) is 296 cm³/mol. The number of carbonyl (C=O) groups is 2. The Morgan fingerprint density at radius 3 is 2.45 bits per heavy atom. The Morgan fingerprint density at radius 2 is 1.67 bits per heavy atom. The molecule has 0 radical (unpaired) electrons. The van der Waals surface area contributed by atoms with Crippen molar-refractivity contribution in [1.29, 1.82) is 0 Å². The number of benzene rings is 2. The molecular weight excluding hydrogens is 947 g/mol. The quantitative estimate of drug-likeness (QED) is 0.0765. The fourth-order valence-electron chi connectivity index (χ4n) is 22.6. The molecule has 10 heteroatoms. The Hall–Kier alpha value is -3.38. The van der Waals surface area contributed by atoms with E-state index in [-0.39, 0.29) is 71.7 Å². The first kappa shape index (κ1) is 52.0. The van der Waals surface area contributed by atoms with Gasteiger partial charge >= 0.3 is 0 Å². The van der Waals surface area contributed by atoms with Crippen LogP contribution in [0.25, 0.3) is 0 Å². The van der Waals surface area contributed by atoms with Crippen LogP contribution in [0.15, 0.2) is 65.8 Å². The molecule has 6 bridgehead atoms. The number of allylic oxidation sites excluding steroid dienone is 4. The van der Waals surface area contributed by atoms with Crippen molar-refractivity contribution < 1.29 is 34.8 Å². The molecule has 21 unspecified atom stereocenters. The number of fused-ring (bicyclic) bond motifs is 3. The molecule has 2 heterocycles. The number of aliphatic hydroxyl groups is 3. The second-order valence-electron chi connectivity index (χ2n) is 28.6. The molecule has 2 spiro atoms. The molecule has 12 aliphatic rings. The van der Waals surface area contributed by atoms with Gasteiger partial charge in [-0.05, 0) is 220 Å². The number of nitrogens with one attached hydrogen (secondary N) is 2. The average Bonchev–Trinajstić information content (AvgIpc) is 3.98. The molecule has 10 nitrogen and oxygen atoms in total. The number of hydrogen-bond donors (Lipinski definition) is 7. The average molecular weight is 1040 g/mol. The second-order valence-corrected chi connectivity index (χ2v) is 28.6. The summed E-state index contributed by atoms with van der Waals surface area (Å²) in [4.78, 5) is 32.4. The molecule has 10 aliphatic carbocycles. The highest BCUT2D eigenvalue weighted by atomic mass is 16.6. The summed E-state index contributed by atoms with van der Waals surface area (Å²) in [5.41, 5.74) is 9.04. The van der Waals surface area contributed by atoms with E-state index in [1.807, 2.05) is 32.2 Å². The van der Waals surface area contributed by atoms with Gasteiger partial charge in [0.15, 0.2) is 5.78 Å². The zero-order chi connectivity index (χ0) is 52.9. The number of rotatable bonds is 8. The predicted octanol–water partition coefficient (Wildman–Crippen LogP) is 10.5. The number of hydrogen-bond acceptors (Lipinski definition) is 10. The minimum atomic E-state index is -0.932.